The summed E-state index contributed by atoms with van der Waals surface area (Å²) >= 11 is 0. The van der Waals surface area contributed by atoms with Gasteiger partial charge in [-0.2, -0.15) is 0 Å². The zero-order chi connectivity index (χ0) is 75.7. The first-order chi connectivity index (χ1) is 56.2. The Morgan fingerprint density at radius 2 is 0.368 bits per heavy atom. The molecule has 0 aliphatic heterocycles. The highest BCUT2D eigenvalue weighted by Gasteiger charge is 2.43. The molecule has 0 heteroatoms. The van der Waals surface area contributed by atoms with Gasteiger partial charge in [-0.3, -0.25) is 0 Å². The number of fused-ring (bicyclic) bond motifs is 26. The largest absolute Gasteiger partial charge is 0.0616 e. The molecule has 0 amide bonds. The molecule has 0 saturated heterocycles. The van der Waals surface area contributed by atoms with Gasteiger partial charge in [0.15, 0.2) is 0 Å². The highest BCUT2D eigenvalue weighted by molar-refractivity contribution is 6.29. The predicted octanol–water partition coefficient (Wildman–Crippen LogP) is 31.8. The van der Waals surface area contributed by atoms with Gasteiger partial charge in [0.1, 0.15) is 0 Å². The van der Waals surface area contributed by atoms with Crippen molar-refractivity contribution < 1.29 is 0 Å². The number of hydrogen-bond acceptors (Lipinski definition) is 0. The van der Waals surface area contributed by atoms with Crippen LogP contribution in [0.5, 0.6) is 0 Å². The van der Waals surface area contributed by atoms with Crippen LogP contribution in [0.1, 0.15) is 49.9 Å². The molecule has 114 heavy (non-hydrogen) atoms. The van der Waals surface area contributed by atoms with E-state index >= 15 is 0 Å². The summed E-state index contributed by atoms with van der Waals surface area (Å²) in [5.41, 5.74) is 26.1. The van der Waals surface area contributed by atoms with E-state index in [4.69, 9.17) is 0 Å². The molecular formula is C114H76. The molecule has 0 nitrogen and oxygen atoms in total. The molecule has 0 aromatic heterocycles. The normalized spacial score (nSPS) is 13.2. The molecule has 0 fully saturated rings. The van der Waals surface area contributed by atoms with Gasteiger partial charge in [-0.25, -0.2) is 0 Å². The first-order valence-electron chi connectivity index (χ1n) is 40.2. The van der Waals surface area contributed by atoms with Crippen molar-refractivity contribution in [2.45, 2.75) is 38.5 Å². The Balaban J connectivity index is 0.000000138. The Hall–Kier alpha value is -14.0. The highest BCUT2D eigenvalue weighted by atomic mass is 14.5. The minimum Gasteiger partial charge on any atom is -0.0616 e. The second-order valence-electron chi connectivity index (χ2n) is 32.6. The van der Waals surface area contributed by atoms with Crippen LogP contribution in [0.2, 0.25) is 0 Å². The lowest BCUT2D eigenvalue weighted by molar-refractivity contribution is 0.668. The lowest BCUT2D eigenvalue weighted by Crippen LogP contribution is -2.17. The van der Waals surface area contributed by atoms with Crippen molar-refractivity contribution in [2.24, 2.45) is 0 Å². The van der Waals surface area contributed by atoms with E-state index in [1.54, 1.807) is 0 Å². The van der Waals surface area contributed by atoms with Crippen LogP contribution in [0.3, 0.4) is 0 Å². The fourth-order valence-electron chi connectivity index (χ4n) is 21.4. The van der Waals surface area contributed by atoms with E-state index < -0.39 is 0 Å². The van der Waals surface area contributed by atoms with Gasteiger partial charge in [0, 0.05) is 10.8 Å². The maximum absolute atomic E-state index is 2.45. The summed E-state index contributed by atoms with van der Waals surface area (Å²) in [4.78, 5) is 0. The van der Waals surface area contributed by atoms with Crippen molar-refractivity contribution in [3.8, 4) is 89.0 Å². The van der Waals surface area contributed by atoms with Crippen molar-refractivity contribution in [3.63, 3.8) is 0 Å². The lowest BCUT2D eigenvalue weighted by Gasteiger charge is -2.27. The smallest absolute Gasteiger partial charge is 0.0171 e. The van der Waals surface area contributed by atoms with E-state index in [1.807, 2.05) is 0 Å². The van der Waals surface area contributed by atoms with Gasteiger partial charge >= 0.3 is 0 Å². The summed E-state index contributed by atoms with van der Waals surface area (Å²) in [6, 6.07) is 145. The van der Waals surface area contributed by atoms with Crippen molar-refractivity contribution >= 4 is 129 Å². The topological polar surface area (TPSA) is 0 Å². The van der Waals surface area contributed by atoms with Gasteiger partial charge in [-0.15, -0.1) is 0 Å². The van der Waals surface area contributed by atoms with Crippen LogP contribution < -0.4 is 0 Å². The Labute approximate surface area is 662 Å². The molecule has 22 aromatic carbocycles. The summed E-state index contributed by atoms with van der Waals surface area (Å²) in [7, 11) is 0. The summed E-state index contributed by atoms with van der Waals surface area (Å²) in [6.45, 7) is 9.75. The summed E-state index contributed by atoms with van der Waals surface area (Å²) in [5, 5.41) is 31.1. The second-order valence-corrected chi connectivity index (χ2v) is 32.6. The fourth-order valence-corrected chi connectivity index (χ4v) is 21.4. The molecule has 0 spiro atoms. The van der Waals surface area contributed by atoms with E-state index in [1.165, 1.54) is 241 Å². The summed E-state index contributed by atoms with van der Waals surface area (Å²) < 4.78 is 0. The first-order valence-corrected chi connectivity index (χ1v) is 40.2. The molecule has 24 rings (SSSR count). The van der Waals surface area contributed by atoms with Gasteiger partial charge in [-0.1, -0.05) is 404 Å². The zero-order valence-electron chi connectivity index (χ0n) is 64.0. The van der Waals surface area contributed by atoms with Gasteiger partial charge in [0.25, 0.3) is 0 Å². The number of hydrogen-bond donors (Lipinski definition) is 0. The quantitative estimate of drug-likeness (QED) is 0.115. The Morgan fingerprint density at radius 3 is 0.781 bits per heavy atom. The van der Waals surface area contributed by atoms with Gasteiger partial charge in [-0.05, 0) is 253 Å². The van der Waals surface area contributed by atoms with Crippen molar-refractivity contribution in [1.29, 1.82) is 0 Å². The molecule has 0 atom stereocenters. The van der Waals surface area contributed by atoms with Gasteiger partial charge in [0.2, 0.25) is 0 Å². The molecule has 0 radical (unpaired) electrons. The van der Waals surface area contributed by atoms with E-state index in [0.717, 1.165) is 0 Å². The maximum Gasteiger partial charge on any atom is 0.0171 e. The van der Waals surface area contributed by atoms with Crippen molar-refractivity contribution in [1.82, 2.24) is 0 Å². The van der Waals surface area contributed by atoms with E-state index in [-0.39, 0.29) is 10.8 Å². The van der Waals surface area contributed by atoms with Crippen molar-refractivity contribution in [3.05, 3.63) is 411 Å². The van der Waals surface area contributed by atoms with E-state index in [0.29, 0.717) is 0 Å². The van der Waals surface area contributed by atoms with Crippen LogP contribution in [0.15, 0.2) is 388 Å². The minimum absolute atomic E-state index is 0.193. The van der Waals surface area contributed by atoms with Crippen LogP contribution in [-0.2, 0) is 10.8 Å². The molecule has 2 aliphatic rings. The number of benzene rings is 22. The zero-order valence-corrected chi connectivity index (χ0v) is 64.0. The van der Waals surface area contributed by atoms with Crippen LogP contribution >= 0.6 is 0 Å². The molecule has 0 unspecified atom stereocenters. The average Bonchev–Trinajstić information content (AvgIpc) is 1.51. The SMILES string of the molecule is CC1(C)c2c(-c3c4ccccc4c(-c4cc5ccccc5c5ccccc45)c4ccccc34)cccc2-c2c1c1ccccc1c1ccccc21.CC1(C)c2c(-c3ccc(-c4c5ccccc5c(-c5ccccc5-c5cc6ccccc6c6ccccc56)c5ccccc45)cc3)cccc2-c2c1c1ccccc1c1ccccc21. The lowest BCUT2D eigenvalue weighted by atomic mass is 9.75. The van der Waals surface area contributed by atoms with Crippen LogP contribution in [0, 0.1) is 0 Å². The monoisotopic (exact) mass is 1440 g/mol. The average molecular weight is 1450 g/mol. The minimum atomic E-state index is -0.222. The molecule has 0 bridgehead atoms. The third-order valence-electron chi connectivity index (χ3n) is 25.9. The molecule has 2 aliphatic carbocycles. The second kappa shape index (κ2) is 25.2. The highest BCUT2D eigenvalue weighted by Crippen LogP contribution is 2.61. The van der Waals surface area contributed by atoms with Gasteiger partial charge < -0.3 is 0 Å². The maximum atomic E-state index is 2.45. The molecule has 0 saturated carbocycles. The standard InChI is InChI=1S/C63H42.C51H34/c1-63(2)61-43(32-17-33-56(61)60-50-26-11-7-21-45(50)46-22-9-16-31-55(46)62(60)63)39-34-36-40(37-35-39)58-51-27-12-14-29-53(51)59(54-30-15-13-28-52(54)58)49-25-10-8-24-48(49)57-38-41-18-3-4-19-42(41)44-20-5-6-23-47(44)57;1-51(2)49-43(28-15-29-44(49)48-37-22-9-7-19-34(37)35-20-8-14-27-42(35)50(48)51)46-38-23-10-12-25-40(38)47(41-26-13-11-24-39(41)46)45-30-31-16-3-4-17-32(31)33-18-5-6-21-36(33)45/h3-38H,1-2H3;3-30H,1-2H3. The van der Waals surface area contributed by atoms with Crippen LogP contribution in [0.4, 0.5) is 0 Å². The molecule has 532 valence electrons. The molecular weight excluding hydrogens is 1370 g/mol. The molecule has 0 heterocycles. The summed E-state index contributed by atoms with van der Waals surface area (Å²) in [5.74, 6) is 0. The summed E-state index contributed by atoms with van der Waals surface area (Å²) in [6.07, 6.45) is 0. The number of rotatable bonds is 6. The fraction of sp³-hybridized carbons (Fsp3) is 0.0526. The first kappa shape index (κ1) is 65.8. The third kappa shape index (κ3) is 9.52. The molecule has 22 aromatic rings. The Morgan fingerprint density at radius 1 is 0.132 bits per heavy atom. The van der Waals surface area contributed by atoms with E-state index in [2.05, 4.69) is 416 Å². The molecule has 0 N–H and O–H groups in total. The van der Waals surface area contributed by atoms with Crippen LogP contribution in [0.25, 0.3) is 218 Å². The third-order valence-corrected chi connectivity index (χ3v) is 25.9. The van der Waals surface area contributed by atoms with Gasteiger partial charge in [0.05, 0.1) is 0 Å². The predicted molar refractivity (Wildman–Crippen MR) is 491 cm³/mol. The Bertz CT molecular complexity index is 7780. The van der Waals surface area contributed by atoms with Crippen molar-refractivity contribution in [2.75, 3.05) is 0 Å². The Kier molecular flexibility index (Phi) is 14.6. The van der Waals surface area contributed by atoms with Crippen LogP contribution in [-0.4, -0.2) is 0 Å². The van der Waals surface area contributed by atoms with E-state index in [9.17, 15) is 0 Å².